The van der Waals surface area contributed by atoms with E-state index >= 15 is 0 Å². The van der Waals surface area contributed by atoms with E-state index in [2.05, 4.69) is 42.8 Å². The molecule has 4 heteroatoms. The third-order valence-corrected chi connectivity index (χ3v) is 4.42. The van der Waals surface area contributed by atoms with Crippen molar-refractivity contribution in [2.45, 2.75) is 65.5 Å². The van der Waals surface area contributed by atoms with Crippen molar-refractivity contribution in [3.05, 3.63) is 17.0 Å². The Bertz CT molecular complexity index is 386. The van der Waals surface area contributed by atoms with Crippen molar-refractivity contribution < 1.29 is 5.11 Å². The quantitative estimate of drug-likeness (QED) is 0.759. The molecule has 0 radical (unpaired) electrons. The van der Waals surface area contributed by atoms with Crippen molar-refractivity contribution in [3.63, 3.8) is 0 Å². The van der Waals surface area contributed by atoms with Crippen LogP contribution >= 0.6 is 0 Å². The van der Waals surface area contributed by atoms with Gasteiger partial charge in [0.25, 0.3) is 0 Å². The van der Waals surface area contributed by atoms with E-state index in [1.54, 1.807) is 0 Å². The lowest BCUT2D eigenvalue weighted by molar-refractivity contribution is 0.150. The molecular weight excluding hydrogens is 238 g/mol. The molecule has 0 bridgehead atoms. The van der Waals surface area contributed by atoms with Crippen molar-refractivity contribution in [2.24, 2.45) is 0 Å². The number of hydrogen-bond donors (Lipinski definition) is 2. The Morgan fingerprint density at radius 3 is 2.42 bits per heavy atom. The van der Waals surface area contributed by atoms with Crippen LogP contribution in [0.3, 0.4) is 0 Å². The fraction of sp³-hybridized carbons (Fsp3) is 0.800. The molecule has 0 fully saturated rings. The maximum Gasteiger partial charge on any atom is 0.0628 e. The van der Waals surface area contributed by atoms with Crippen molar-refractivity contribution in [1.29, 1.82) is 0 Å². The lowest BCUT2D eigenvalue weighted by atomic mass is 9.91. The largest absolute Gasteiger partial charge is 0.394 e. The van der Waals surface area contributed by atoms with Crippen LogP contribution in [0.2, 0.25) is 0 Å². The van der Waals surface area contributed by atoms with Gasteiger partial charge in [0.2, 0.25) is 0 Å². The van der Waals surface area contributed by atoms with Crippen molar-refractivity contribution in [3.8, 4) is 0 Å². The first kappa shape index (κ1) is 16.2. The van der Waals surface area contributed by atoms with E-state index in [4.69, 9.17) is 0 Å². The molecule has 0 saturated carbocycles. The highest BCUT2D eigenvalue weighted by Gasteiger charge is 2.24. The summed E-state index contributed by atoms with van der Waals surface area (Å²) in [6, 6.07) is 0. The predicted molar refractivity (Wildman–Crippen MR) is 79.5 cm³/mol. The Morgan fingerprint density at radius 2 is 2.00 bits per heavy atom. The number of aliphatic hydroxyl groups is 1. The highest BCUT2D eigenvalue weighted by Crippen LogP contribution is 2.19. The fourth-order valence-electron chi connectivity index (χ4n) is 2.78. The summed E-state index contributed by atoms with van der Waals surface area (Å²) in [5.74, 6) is 0. The first-order valence-electron chi connectivity index (χ1n) is 7.36. The average molecular weight is 267 g/mol. The monoisotopic (exact) mass is 267 g/mol. The summed E-state index contributed by atoms with van der Waals surface area (Å²) in [5, 5.41) is 17.4. The third-order valence-electron chi connectivity index (χ3n) is 4.42. The molecular formula is C15H29N3O. The Kier molecular flexibility index (Phi) is 6.01. The van der Waals surface area contributed by atoms with Gasteiger partial charge in [-0.05, 0) is 52.1 Å². The predicted octanol–water partition coefficient (Wildman–Crippen LogP) is 2.20. The standard InChI is InChI=1S/C15H29N3O/c1-6-14-12(3)17-18(13(14)4)10-8-9-15(7-2,11-19)16-5/h16,19H,6-11H2,1-5H3. The summed E-state index contributed by atoms with van der Waals surface area (Å²) >= 11 is 0. The van der Waals surface area contributed by atoms with Crippen LogP contribution in [0.5, 0.6) is 0 Å². The minimum atomic E-state index is -0.135. The van der Waals surface area contributed by atoms with Gasteiger partial charge in [-0.1, -0.05) is 13.8 Å². The summed E-state index contributed by atoms with van der Waals surface area (Å²) in [4.78, 5) is 0. The van der Waals surface area contributed by atoms with Gasteiger partial charge in [0, 0.05) is 17.8 Å². The second-order valence-corrected chi connectivity index (χ2v) is 5.37. The first-order chi connectivity index (χ1) is 9.03. The van der Waals surface area contributed by atoms with Crippen LogP contribution in [-0.2, 0) is 13.0 Å². The van der Waals surface area contributed by atoms with Crippen molar-refractivity contribution in [2.75, 3.05) is 13.7 Å². The molecule has 0 aliphatic rings. The van der Waals surface area contributed by atoms with Gasteiger partial charge in [0.05, 0.1) is 12.3 Å². The highest BCUT2D eigenvalue weighted by molar-refractivity contribution is 5.24. The van der Waals surface area contributed by atoms with E-state index in [1.807, 2.05) is 7.05 Å². The number of aryl methyl sites for hydroxylation is 2. The van der Waals surface area contributed by atoms with Crippen LogP contribution in [0.1, 0.15) is 50.1 Å². The number of rotatable bonds is 8. The normalized spacial score (nSPS) is 14.6. The van der Waals surface area contributed by atoms with E-state index in [-0.39, 0.29) is 12.1 Å². The molecule has 2 N–H and O–H groups in total. The number of nitrogens with one attached hydrogen (secondary N) is 1. The van der Waals surface area contributed by atoms with Gasteiger partial charge in [0.15, 0.2) is 0 Å². The molecule has 19 heavy (non-hydrogen) atoms. The number of likely N-dealkylation sites (N-methyl/N-ethyl adjacent to an activating group) is 1. The van der Waals surface area contributed by atoms with Crippen LogP contribution in [0, 0.1) is 13.8 Å². The summed E-state index contributed by atoms with van der Waals surface area (Å²) in [7, 11) is 1.93. The Morgan fingerprint density at radius 1 is 1.32 bits per heavy atom. The summed E-state index contributed by atoms with van der Waals surface area (Å²) in [5.41, 5.74) is 3.68. The molecule has 0 aromatic carbocycles. The van der Waals surface area contributed by atoms with E-state index in [0.717, 1.165) is 37.9 Å². The number of hydrogen-bond acceptors (Lipinski definition) is 3. The van der Waals surface area contributed by atoms with E-state index in [9.17, 15) is 5.11 Å². The number of aliphatic hydroxyl groups excluding tert-OH is 1. The van der Waals surface area contributed by atoms with Crippen LogP contribution in [0.25, 0.3) is 0 Å². The molecule has 0 amide bonds. The SMILES string of the molecule is CCc1c(C)nn(CCCC(CC)(CO)NC)c1C. The van der Waals surface area contributed by atoms with Crippen LogP contribution in [0.15, 0.2) is 0 Å². The smallest absolute Gasteiger partial charge is 0.0628 e. The zero-order chi connectivity index (χ0) is 14.5. The summed E-state index contributed by atoms with van der Waals surface area (Å²) in [6.07, 6.45) is 3.98. The highest BCUT2D eigenvalue weighted by atomic mass is 16.3. The maximum atomic E-state index is 9.53. The molecule has 0 saturated heterocycles. The lowest BCUT2D eigenvalue weighted by Gasteiger charge is -2.30. The number of aromatic nitrogens is 2. The van der Waals surface area contributed by atoms with Gasteiger partial charge in [-0.15, -0.1) is 0 Å². The lowest BCUT2D eigenvalue weighted by Crippen LogP contribution is -2.46. The van der Waals surface area contributed by atoms with Gasteiger partial charge in [0.1, 0.15) is 0 Å². The summed E-state index contributed by atoms with van der Waals surface area (Å²) in [6.45, 7) is 9.64. The molecule has 1 unspecified atom stereocenters. The van der Waals surface area contributed by atoms with Gasteiger partial charge in [-0.2, -0.15) is 5.10 Å². The second-order valence-electron chi connectivity index (χ2n) is 5.37. The fourth-order valence-corrected chi connectivity index (χ4v) is 2.78. The van der Waals surface area contributed by atoms with Gasteiger partial charge >= 0.3 is 0 Å². The molecule has 4 nitrogen and oxygen atoms in total. The molecule has 110 valence electrons. The van der Waals surface area contributed by atoms with Crippen LogP contribution in [0.4, 0.5) is 0 Å². The van der Waals surface area contributed by atoms with Crippen molar-refractivity contribution in [1.82, 2.24) is 15.1 Å². The molecule has 1 atom stereocenters. The summed E-state index contributed by atoms with van der Waals surface area (Å²) < 4.78 is 2.11. The molecule has 0 aliphatic heterocycles. The Hall–Kier alpha value is -0.870. The molecule has 1 rings (SSSR count). The van der Waals surface area contributed by atoms with E-state index in [1.165, 1.54) is 11.3 Å². The van der Waals surface area contributed by atoms with Crippen LogP contribution in [-0.4, -0.2) is 34.1 Å². The minimum Gasteiger partial charge on any atom is -0.394 e. The van der Waals surface area contributed by atoms with Crippen molar-refractivity contribution >= 4 is 0 Å². The van der Waals surface area contributed by atoms with Crippen LogP contribution < -0.4 is 5.32 Å². The topological polar surface area (TPSA) is 50.1 Å². The third kappa shape index (κ3) is 3.57. The molecule has 1 aromatic rings. The molecule has 0 aliphatic carbocycles. The average Bonchev–Trinajstić information content (AvgIpc) is 2.70. The molecule has 1 aromatic heterocycles. The second kappa shape index (κ2) is 7.06. The zero-order valence-corrected chi connectivity index (χ0v) is 13.1. The maximum absolute atomic E-state index is 9.53. The van der Waals surface area contributed by atoms with E-state index in [0.29, 0.717) is 0 Å². The molecule has 1 heterocycles. The van der Waals surface area contributed by atoms with Gasteiger partial charge in [-0.25, -0.2) is 0 Å². The Labute approximate surface area is 117 Å². The minimum absolute atomic E-state index is 0.135. The first-order valence-corrected chi connectivity index (χ1v) is 7.36. The zero-order valence-electron chi connectivity index (χ0n) is 13.1. The number of nitrogens with zero attached hydrogens (tertiary/aromatic N) is 2. The Balaban J connectivity index is 2.63. The van der Waals surface area contributed by atoms with E-state index < -0.39 is 0 Å². The van der Waals surface area contributed by atoms with Gasteiger partial charge < -0.3 is 10.4 Å². The van der Waals surface area contributed by atoms with Gasteiger partial charge in [-0.3, -0.25) is 4.68 Å². The molecule has 0 spiro atoms.